The molecule has 1 atom stereocenters. The predicted molar refractivity (Wildman–Crippen MR) is 115 cm³/mol. The molecule has 0 aliphatic rings. The molecule has 29 heavy (non-hydrogen) atoms. The monoisotopic (exact) mass is 403 g/mol. The minimum Gasteiger partial charge on any atom is -0.308 e. The Hall–Kier alpha value is -3.24. The quantitative estimate of drug-likeness (QED) is 0.466. The summed E-state index contributed by atoms with van der Waals surface area (Å²) in [6.45, 7) is 5.52. The predicted octanol–water partition coefficient (Wildman–Crippen LogP) is 4.39. The third kappa shape index (κ3) is 4.61. The molecule has 0 radical (unpaired) electrons. The first-order chi connectivity index (χ1) is 13.9. The summed E-state index contributed by atoms with van der Waals surface area (Å²) in [5, 5.41) is 26.0. The summed E-state index contributed by atoms with van der Waals surface area (Å²) in [6, 6.07) is 17.9. The number of nitriles is 1. The third-order valence-corrected chi connectivity index (χ3v) is 5.41. The lowest BCUT2D eigenvalue weighted by Gasteiger charge is -2.11. The molecule has 3 aromatic rings. The average molecular weight is 404 g/mol. The van der Waals surface area contributed by atoms with Crippen molar-refractivity contribution in [1.82, 2.24) is 14.8 Å². The van der Waals surface area contributed by atoms with Gasteiger partial charge in [-0.05, 0) is 32.9 Å². The smallest absolute Gasteiger partial charge is 0.196 e. The number of benzene rings is 2. The summed E-state index contributed by atoms with van der Waals surface area (Å²) in [4.78, 5) is 12.4. The number of aryl methyl sites for hydroxylation is 2. The fourth-order valence-corrected chi connectivity index (χ4v) is 3.67. The van der Waals surface area contributed by atoms with Crippen LogP contribution < -0.4 is 0 Å². The SMILES string of the molecule is CC(=N)[C@@H](C#N)C(=O)CSc1nnc(-c2ccc(C)cc2)n1-c1ccc(C)cc1. The Balaban J connectivity index is 1.98. The zero-order chi connectivity index (χ0) is 21.0. The van der Waals surface area contributed by atoms with Crippen LogP contribution in [-0.4, -0.2) is 32.0 Å². The van der Waals surface area contributed by atoms with E-state index in [-0.39, 0.29) is 17.2 Å². The number of hydrogen-bond donors (Lipinski definition) is 1. The van der Waals surface area contributed by atoms with E-state index in [1.54, 1.807) is 0 Å². The highest BCUT2D eigenvalue weighted by Gasteiger charge is 2.22. The van der Waals surface area contributed by atoms with Gasteiger partial charge < -0.3 is 5.41 Å². The molecular formula is C22H21N5OS. The number of carbonyl (C=O) groups excluding carboxylic acids is 1. The maximum Gasteiger partial charge on any atom is 0.196 e. The lowest BCUT2D eigenvalue weighted by molar-refractivity contribution is -0.117. The first kappa shape index (κ1) is 20.5. The van der Waals surface area contributed by atoms with E-state index in [2.05, 4.69) is 10.2 Å². The zero-order valence-electron chi connectivity index (χ0n) is 16.5. The van der Waals surface area contributed by atoms with Crippen LogP contribution >= 0.6 is 11.8 Å². The van der Waals surface area contributed by atoms with Crippen LogP contribution in [0.15, 0.2) is 53.7 Å². The van der Waals surface area contributed by atoms with Crippen molar-refractivity contribution in [2.75, 3.05) is 5.75 Å². The maximum absolute atomic E-state index is 12.4. The van der Waals surface area contributed by atoms with Crippen molar-refractivity contribution in [2.45, 2.75) is 25.9 Å². The molecule has 0 aliphatic heterocycles. The van der Waals surface area contributed by atoms with Crippen molar-refractivity contribution in [3.05, 3.63) is 59.7 Å². The normalized spacial score (nSPS) is 11.7. The molecular weight excluding hydrogens is 382 g/mol. The van der Waals surface area contributed by atoms with E-state index in [9.17, 15) is 4.79 Å². The molecule has 0 unspecified atom stereocenters. The van der Waals surface area contributed by atoms with Crippen molar-refractivity contribution < 1.29 is 4.79 Å². The summed E-state index contributed by atoms with van der Waals surface area (Å²) in [5.74, 6) is -0.592. The Kier molecular flexibility index (Phi) is 6.25. The van der Waals surface area contributed by atoms with E-state index in [0.717, 1.165) is 22.4 Å². The molecule has 1 heterocycles. The van der Waals surface area contributed by atoms with Crippen LogP contribution in [0.4, 0.5) is 0 Å². The number of carbonyl (C=O) groups is 1. The lowest BCUT2D eigenvalue weighted by Crippen LogP contribution is -2.21. The number of rotatable bonds is 7. The van der Waals surface area contributed by atoms with Crippen LogP contribution in [0.2, 0.25) is 0 Å². The second kappa shape index (κ2) is 8.84. The van der Waals surface area contributed by atoms with Crippen LogP contribution in [0, 0.1) is 36.5 Å². The minimum absolute atomic E-state index is 0.0480. The van der Waals surface area contributed by atoms with Gasteiger partial charge in [0.05, 0.1) is 11.8 Å². The van der Waals surface area contributed by atoms with Gasteiger partial charge in [0.2, 0.25) is 0 Å². The Morgan fingerprint density at radius 2 is 1.69 bits per heavy atom. The standard InChI is InChI=1S/C22H21N5OS/c1-14-4-8-17(9-5-14)21-25-26-22(27(21)18-10-6-15(2)7-11-18)29-13-20(28)19(12-23)16(3)24/h4-11,19,24H,13H2,1-3H3/t19-/m1/s1. The zero-order valence-corrected chi connectivity index (χ0v) is 17.3. The van der Waals surface area contributed by atoms with Gasteiger partial charge in [0, 0.05) is 17.0 Å². The summed E-state index contributed by atoms with van der Waals surface area (Å²) in [6.07, 6.45) is 0. The Morgan fingerprint density at radius 1 is 1.10 bits per heavy atom. The molecule has 0 spiro atoms. The number of ketones is 1. The molecule has 146 valence electrons. The number of hydrogen-bond acceptors (Lipinski definition) is 6. The van der Waals surface area contributed by atoms with E-state index in [1.807, 2.05) is 73.0 Å². The van der Waals surface area contributed by atoms with Gasteiger partial charge in [-0.15, -0.1) is 10.2 Å². The molecule has 6 nitrogen and oxygen atoms in total. The number of Topliss-reactive ketones (excluding diaryl/α,β-unsaturated/α-hetero) is 1. The largest absolute Gasteiger partial charge is 0.308 e. The van der Waals surface area contributed by atoms with Gasteiger partial charge in [-0.2, -0.15) is 5.26 Å². The summed E-state index contributed by atoms with van der Waals surface area (Å²) < 4.78 is 1.92. The molecule has 0 saturated heterocycles. The topological polar surface area (TPSA) is 95.4 Å². The third-order valence-electron chi connectivity index (χ3n) is 4.46. The fraction of sp³-hybridized carbons (Fsp3) is 0.227. The van der Waals surface area contributed by atoms with Crippen molar-refractivity contribution in [1.29, 1.82) is 10.7 Å². The highest BCUT2D eigenvalue weighted by Crippen LogP contribution is 2.28. The molecule has 2 aromatic carbocycles. The molecule has 0 saturated carbocycles. The van der Waals surface area contributed by atoms with E-state index in [0.29, 0.717) is 11.0 Å². The number of thioether (sulfide) groups is 1. The number of nitrogens with one attached hydrogen (secondary N) is 1. The second-order valence-corrected chi connectivity index (χ2v) is 7.79. The Bertz CT molecular complexity index is 1080. The molecule has 0 aliphatic carbocycles. The molecule has 1 N–H and O–H groups in total. The second-order valence-electron chi connectivity index (χ2n) is 6.84. The number of aromatic nitrogens is 3. The molecule has 0 bridgehead atoms. The fourth-order valence-electron chi connectivity index (χ4n) is 2.81. The molecule has 0 amide bonds. The minimum atomic E-state index is -1.02. The van der Waals surface area contributed by atoms with E-state index >= 15 is 0 Å². The van der Waals surface area contributed by atoms with Crippen LogP contribution in [0.3, 0.4) is 0 Å². The van der Waals surface area contributed by atoms with Crippen molar-refractivity contribution in [3.8, 4) is 23.1 Å². The van der Waals surface area contributed by atoms with Gasteiger partial charge in [0.1, 0.15) is 5.92 Å². The van der Waals surface area contributed by atoms with Crippen molar-refractivity contribution >= 4 is 23.3 Å². The highest BCUT2D eigenvalue weighted by atomic mass is 32.2. The van der Waals surface area contributed by atoms with Crippen molar-refractivity contribution in [3.63, 3.8) is 0 Å². The molecule has 7 heteroatoms. The Morgan fingerprint density at radius 3 is 2.24 bits per heavy atom. The van der Waals surface area contributed by atoms with E-state index in [1.165, 1.54) is 18.7 Å². The summed E-state index contributed by atoms with van der Waals surface area (Å²) >= 11 is 1.23. The summed E-state index contributed by atoms with van der Waals surface area (Å²) in [5.41, 5.74) is 4.16. The highest BCUT2D eigenvalue weighted by molar-refractivity contribution is 7.99. The number of nitrogens with zero attached hydrogens (tertiary/aromatic N) is 4. The maximum atomic E-state index is 12.4. The van der Waals surface area contributed by atoms with Gasteiger partial charge in [-0.1, -0.05) is 59.3 Å². The summed E-state index contributed by atoms with van der Waals surface area (Å²) in [7, 11) is 0. The molecule has 3 rings (SSSR count). The molecule has 1 aromatic heterocycles. The van der Waals surface area contributed by atoms with Gasteiger partial charge >= 0.3 is 0 Å². The Labute approximate surface area is 174 Å². The average Bonchev–Trinajstić information content (AvgIpc) is 3.11. The van der Waals surface area contributed by atoms with Gasteiger partial charge in [0.15, 0.2) is 16.8 Å². The van der Waals surface area contributed by atoms with Gasteiger partial charge in [0.25, 0.3) is 0 Å². The first-order valence-corrected chi connectivity index (χ1v) is 10.1. The van der Waals surface area contributed by atoms with E-state index in [4.69, 9.17) is 10.7 Å². The lowest BCUT2D eigenvalue weighted by atomic mass is 10.0. The van der Waals surface area contributed by atoms with Crippen LogP contribution in [0.25, 0.3) is 17.1 Å². The van der Waals surface area contributed by atoms with Gasteiger partial charge in [-0.3, -0.25) is 9.36 Å². The van der Waals surface area contributed by atoms with Crippen LogP contribution in [-0.2, 0) is 4.79 Å². The van der Waals surface area contributed by atoms with Crippen molar-refractivity contribution in [2.24, 2.45) is 5.92 Å². The first-order valence-electron chi connectivity index (χ1n) is 9.10. The van der Waals surface area contributed by atoms with E-state index < -0.39 is 5.92 Å². The molecule has 0 fully saturated rings. The van der Waals surface area contributed by atoms with Crippen LogP contribution in [0.1, 0.15) is 18.1 Å². The van der Waals surface area contributed by atoms with Crippen LogP contribution in [0.5, 0.6) is 0 Å². The van der Waals surface area contributed by atoms with Gasteiger partial charge in [-0.25, -0.2) is 0 Å².